The Morgan fingerprint density at radius 3 is 3.00 bits per heavy atom. The van der Waals surface area contributed by atoms with E-state index < -0.39 is 0 Å². The summed E-state index contributed by atoms with van der Waals surface area (Å²) in [5.74, 6) is 3.69. The molecule has 4 heterocycles. The Labute approximate surface area is 178 Å². The quantitative estimate of drug-likeness (QED) is 0.526. The molecule has 1 fully saturated rings. The molecule has 0 amide bonds. The Kier molecular flexibility index (Phi) is 6.78. The van der Waals surface area contributed by atoms with Gasteiger partial charge in [-0.2, -0.15) is 5.10 Å². The van der Waals surface area contributed by atoms with Crippen molar-refractivity contribution in [3.05, 3.63) is 35.5 Å². The summed E-state index contributed by atoms with van der Waals surface area (Å²) in [5, 5.41) is 11.5. The van der Waals surface area contributed by atoms with E-state index in [1.165, 1.54) is 18.4 Å². The lowest BCUT2D eigenvalue weighted by Crippen LogP contribution is -2.47. The second kappa shape index (κ2) is 9.88. The van der Waals surface area contributed by atoms with Crippen LogP contribution in [0.25, 0.3) is 0 Å². The molecule has 162 valence electrons. The molecule has 2 aliphatic heterocycles. The number of ether oxygens (including phenoxy) is 1. The van der Waals surface area contributed by atoms with Crippen molar-refractivity contribution in [2.45, 2.75) is 58.3 Å². The molecule has 0 aliphatic carbocycles. The van der Waals surface area contributed by atoms with Crippen LogP contribution in [0.15, 0.2) is 23.3 Å². The summed E-state index contributed by atoms with van der Waals surface area (Å²) in [6.07, 6.45) is 6.30. The van der Waals surface area contributed by atoms with Gasteiger partial charge in [-0.1, -0.05) is 0 Å². The molecule has 2 aliphatic rings. The number of pyridine rings is 1. The fourth-order valence-corrected chi connectivity index (χ4v) is 4.03. The number of methoxy groups -OCH3 is 1. The van der Waals surface area contributed by atoms with Gasteiger partial charge in [0.2, 0.25) is 0 Å². The maximum absolute atomic E-state index is 5.15. The Hall–Kier alpha value is -2.68. The summed E-state index contributed by atoms with van der Waals surface area (Å²) in [4.78, 5) is 16.3. The maximum atomic E-state index is 5.15. The molecule has 0 saturated carbocycles. The third-order valence-corrected chi connectivity index (χ3v) is 5.52. The number of fused-ring (bicyclic) bond motifs is 1. The topological polar surface area (TPSA) is 92.5 Å². The van der Waals surface area contributed by atoms with Crippen molar-refractivity contribution in [3.8, 4) is 0 Å². The minimum absolute atomic E-state index is 0.269. The largest absolute Gasteiger partial charge is 0.377 e. The van der Waals surface area contributed by atoms with Crippen LogP contribution in [0.2, 0.25) is 0 Å². The zero-order chi connectivity index (χ0) is 20.8. The predicted octanol–water partition coefficient (Wildman–Crippen LogP) is 1.49. The first-order chi connectivity index (χ1) is 14.7. The zero-order valence-electron chi connectivity index (χ0n) is 18.0. The molecular weight excluding hydrogens is 380 g/mol. The van der Waals surface area contributed by atoms with Crippen LogP contribution in [0.1, 0.15) is 43.4 Å². The van der Waals surface area contributed by atoms with Crippen LogP contribution in [0.3, 0.4) is 0 Å². The number of hydrogen-bond acceptors (Lipinski definition) is 6. The highest BCUT2D eigenvalue weighted by molar-refractivity contribution is 5.80. The molecule has 9 nitrogen and oxygen atoms in total. The van der Waals surface area contributed by atoms with Gasteiger partial charge in [-0.15, -0.1) is 0 Å². The predicted molar refractivity (Wildman–Crippen MR) is 116 cm³/mol. The van der Waals surface area contributed by atoms with Crippen LogP contribution >= 0.6 is 0 Å². The van der Waals surface area contributed by atoms with E-state index in [-0.39, 0.29) is 6.04 Å². The number of aromatic nitrogens is 4. The third-order valence-electron chi connectivity index (χ3n) is 5.52. The number of nitrogens with one attached hydrogen (secondary N) is 2. The lowest BCUT2D eigenvalue weighted by atomic mass is 10.1. The Morgan fingerprint density at radius 1 is 1.33 bits per heavy atom. The monoisotopic (exact) mass is 412 g/mol. The summed E-state index contributed by atoms with van der Waals surface area (Å²) in [7, 11) is 1.67. The van der Waals surface area contributed by atoms with Gasteiger partial charge in [0.25, 0.3) is 0 Å². The first-order valence-electron chi connectivity index (χ1n) is 10.9. The van der Waals surface area contributed by atoms with Crippen molar-refractivity contribution in [3.63, 3.8) is 0 Å². The van der Waals surface area contributed by atoms with Crippen LogP contribution in [0, 0.1) is 0 Å². The molecule has 1 atom stereocenters. The van der Waals surface area contributed by atoms with Gasteiger partial charge in [0.1, 0.15) is 18.2 Å². The number of rotatable bonds is 7. The minimum atomic E-state index is 0.269. The summed E-state index contributed by atoms with van der Waals surface area (Å²) >= 11 is 0. The highest BCUT2D eigenvalue weighted by Gasteiger charge is 2.22. The second-order valence-electron chi connectivity index (χ2n) is 7.85. The molecule has 1 saturated heterocycles. The van der Waals surface area contributed by atoms with E-state index in [1.807, 2.05) is 16.9 Å². The highest BCUT2D eigenvalue weighted by atomic mass is 16.5. The van der Waals surface area contributed by atoms with Crippen LogP contribution in [-0.4, -0.2) is 58.5 Å². The summed E-state index contributed by atoms with van der Waals surface area (Å²) in [6.45, 7) is 6.96. The van der Waals surface area contributed by atoms with Gasteiger partial charge in [-0.3, -0.25) is 0 Å². The van der Waals surface area contributed by atoms with Crippen LogP contribution in [-0.2, 0) is 30.9 Å². The third kappa shape index (κ3) is 5.08. The van der Waals surface area contributed by atoms with Gasteiger partial charge in [-0.25, -0.2) is 19.6 Å². The molecule has 2 aromatic rings. The van der Waals surface area contributed by atoms with Crippen molar-refractivity contribution in [2.75, 3.05) is 31.6 Å². The number of guanidine groups is 1. The Bertz CT molecular complexity index is 858. The van der Waals surface area contributed by atoms with E-state index in [9.17, 15) is 0 Å². The van der Waals surface area contributed by atoms with Crippen molar-refractivity contribution >= 4 is 11.8 Å². The van der Waals surface area contributed by atoms with E-state index in [0.29, 0.717) is 13.2 Å². The summed E-state index contributed by atoms with van der Waals surface area (Å²) < 4.78 is 7.14. The summed E-state index contributed by atoms with van der Waals surface area (Å²) in [5.41, 5.74) is 1.18. The molecule has 30 heavy (non-hydrogen) atoms. The number of anilines is 1. The molecule has 0 aromatic carbocycles. The van der Waals surface area contributed by atoms with E-state index in [1.54, 1.807) is 7.11 Å². The number of hydrogen-bond donors (Lipinski definition) is 2. The van der Waals surface area contributed by atoms with Crippen LogP contribution < -0.4 is 15.5 Å². The fourth-order valence-electron chi connectivity index (χ4n) is 4.03. The van der Waals surface area contributed by atoms with Crippen molar-refractivity contribution < 1.29 is 4.74 Å². The van der Waals surface area contributed by atoms with Crippen molar-refractivity contribution in [2.24, 2.45) is 4.99 Å². The molecule has 4 rings (SSSR count). The lowest BCUT2D eigenvalue weighted by Gasteiger charge is -2.25. The van der Waals surface area contributed by atoms with Crippen molar-refractivity contribution in [1.82, 2.24) is 30.4 Å². The van der Waals surface area contributed by atoms with Gasteiger partial charge in [0.15, 0.2) is 11.8 Å². The second-order valence-corrected chi connectivity index (χ2v) is 7.85. The van der Waals surface area contributed by atoms with Gasteiger partial charge in [0.05, 0.1) is 13.1 Å². The van der Waals surface area contributed by atoms with E-state index in [0.717, 1.165) is 62.4 Å². The van der Waals surface area contributed by atoms with E-state index in [2.05, 4.69) is 43.6 Å². The minimum Gasteiger partial charge on any atom is -0.377 e. The van der Waals surface area contributed by atoms with Gasteiger partial charge in [0, 0.05) is 45.4 Å². The highest BCUT2D eigenvalue weighted by Crippen LogP contribution is 2.19. The fraction of sp³-hybridized carbons (Fsp3) is 0.619. The van der Waals surface area contributed by atoms with Crippen LogP contribution in [0.5, 0.6) is 0 Å². The zero-order valence-corrected chi connectivity index (χ0v) is 18.0. The molecule has 2 aromatic heterocycles. The molecule has 2 N–H and O–H groups in total. The standard InChI is InChI=1S/C21H32N8O/c1-3-22-21(24-13-16-8-9-23-20(12-16)28-10-4-5-11-28)25-17-6-7-19-26-18(15-30-2)27-29(19)14-17/h8-9,12,17H,3-7,10-11,13-15H2,1-2H3,(H2,22,24,25). The molecule has 9 heteroatoms. The SMILES string of the molecule is CCNC(=NCc1ccnc(N2CCCC2)c1)NC1CCc2nc(COC)nn2C1. The summed E-state index contributed by atoms with van der Waals surface area (Å²) in [6, 6.07) is 4.48. The molecule has 0 radical (unpaired) electrons. The number of nitrogens with zero attached hydrogens (tertiary/aromatic N) is 6. The van der Waals surface area contributed by atoms with E-state index >= 15 is 0 Å². The Morgan fingerprint density at radius 2 is 2.20 bits per heavy atom. The van der Waals surface area contributed by atoms with Crippen LogP contribution in [0.4, 0.5) is 5.82 Å². The average molecular weight is 413 g/mol. The van der Waals surface area contributed by atoms with Gasteiger partial charge < -0.3 is 20.3 Å². The lowest BCUT2D eigenvalue weighted by molar-refractivity contribution is 0.177. The number of aliphatic imine (C=N–C) groups is 1. The average Bonchev–Trinajstić information content (AvgIpc) is 3.42. The smallest absolute Gasteiger partial charge is 0.191 e. The molecule has 1 unspecified atom stereocenters. The van der Waals surface area contributed by atoms with Crippen molar-refractivity contribution in [1.29, 1.82) is 0 Å². The van der Waals surface area contributed by atoms with E-state index in [4.69, 9.17) is 9.73 Å². The number of aryl methyl sites for hydroxylation is 1. The molecule has 0 spiro atoms. The first-order valence-corrected chi connectivity index (χ1v) is 10.9. The normalized spacial score (nSPS) is 19.1. The first kappa shape index (κ1) is 20.6. The van der Waals surface area contributed by atoms with Gasteiger partial charge in [-0.05, 0) is 43.9 Å². The molecule has 0 bridgehead atoms. The molecular formula is C21H32N8O. The Balaban J connectivity index is 1.38. The maximum Gasteiger partial charge on any atom is 0.191 e. The van der Waals surface area contributed by atoms with Gasteiger partial charge >= 0.3 is 0 Å².